The Bertz CT molecular complexity index is 1210. The number of halogens is 1. The SMILES string of the molecule is Cc1ccc([C@@H]2c3[nH]c4ccccc4c3CCN2C(=O)c2ccccc2Br)cc1. The van der Waals surface area contributed by atoms with Gasteiger partial charge in [0.15, 0.2) is 0 Å². The lowest BCUT2D eigenvalue weighted by Crippen LogP contribution is -2.40. The summed E-state index contributed by atoms with van der Waals surface area (Å²) < 4.78 is 0.829. The summed E-state index contributed by atoms with van der Waals surface area (Å²) in [6.07, 6.45) is 0.845. The molecule has 3 nitrogen and oxygen atoms in total. The van der Waals surface area contributed by atoms with E-state index in [0.29, 0.717) is 12.1 Å². The van der Waals surface area contributed by atoms with E-state index in [1.807, 2.05) is 29.2 Å². The number of aryl methyl sites for hydroxylation is 1. The molecule has 5 rings (SSSR count). The molecule has 144 valence electrons. The van der Waals surface area contributed by atoms with Gasteiger partial charge in [0.2, 0.25) is 0 Å². The first kappa shape index (κ1) is 18.2. The number of benzene rings is 3. The maximum absolute atomic E-state index is 13.6. The van der Waals surface area contributed by atoms with E-state index >= 15 is 0 Å². The minimum Gasteiger partial charge on any atom is -0.356 e. The maximum atomic E-state index is 13.6. The van der Waals surface area contributed by atoms with E-state index in [-0.39, 0.29) is 11.9 Å². The lowest BCUT2D eigenvalue weighted by Gasteiger charge is -2.36. The molecule has 0 saturated heterocycles. The molecule has 29 heavy (non-hydrogen) atoms. The molecule has 1 N–H and O–H groups in total. The molecule has 0 fully saturated rings. The number of carbonyl (C=O) groups excluding carboxylic acids is 1. The Hall–Kier alpha value is -2.85. The van der Waals surface area contributed by atoms with Crippen molar-refractivity contribution < 1.29 is 4.79 Å². The van der Waals surface area contributed by atoms with Crippen LogP contribution in [-0.2, 0) is 6.42 Å². The van der Waals surface area contributed by atoms with Crippen molar-refractivity contribution in [2.24, 2.45) is 0 Å². The number of nitrogens with zero attached hydrogens (tertiary/aromatic N) is 1. The molecule has 2 heterocycles. The summed E-state index contributed by atoms with van der Waals surface area (Å²) in [6.45, 7) is 2.77. The number of carbonyl (C=O) groups is 1. The van der Waals surface area contributed by atoms with Gasteiger partial charge in [0.25, 0.3) is 5.91 Å². The van der Waals surface area contributed by atoms with E-state index in [1.54, 1.807) is 0 Å². The van der Waals surface area contributed by atoms with Gasteiger partial charge >= 0.3 is 0 Å². The van der Waals surface area contributed by atoms with Crippen LogP contribution in [-0.4, -0.2) is 22.3 Å². The molecule has 0 saturated carbocycles. The molecular weight excluding hydrogens is 424 g/mol. The lowest BCUT2D eigenvalue weighted by molar-refractivity contribution is 0.0691. The van der Waals surface area contributed by atoms with Gasteiger partial charge in [-0.3, -0.25) is 4.79 Å². The Kier molecular flexibility index (Phi) is 4.51. The fraction of sp³-hybridized carbons (Fsp3) is 0.160. The quantitative estimate of drug-likeness (QED) is 0.402. The zero-order chi connectivity index (χ0) is 20.0. The highest BCUT2D eigenvalue weighted by atomic mass is 79.9. The van der Waals surface area contributed by atoms with Crippen molar-refractivity contribution in [2.75, 3.05) is 6.54 Å². The zero-order valence-corrected chi connectivity index (χ0v) is 17.7. The molecule has 1 aliphatic heterocycles. The number of fused-ring (bicyclic) bond motifs is 3. The van der Waals surface area contributed by atoms with Crippen LogP contribution in [0.15, 0.2) is 77.3 Å². The van der Waals surface area contributed by atoms with Crippen LogP contribution in [0.1, 0.15) is 38.8 Å². The molecule has 1 amide bonds. The predicted octanol–water partition coefficient (Wildman–Crippen LogP) is 6.03. The molecule has 1 aromatic heterocycles. The van der Waals surface area contributed by atoms with E-state index in [2.05, 4.69) is 76.4 Å². The summed E-state index contributed by atoms with van der Waals surface area (Å²) in [7, 11) is 0. The molecular formula is C25H21BrN2O. The number of nitrogens with one attached hydrogen (secondary N) is 1. The van der Waals surface area contributed by atoms with Gasteiger partial charge in [0.1, 0.15) is 0 Å². The van der Waals surface area contributed by atoms with Gasteiger partial charge in [-0.1, -0.05) is 60.2 Å². The molecule has 4 heteroatoms. The van der Waals surface area contributed by atoms with Crippen molar-refractivity contribution in [3.63, 3.8) is 0 Å². The van der Waals surface area contributed by atoms with Crippen molar-refractivity contribution in [1.82, 2.24) is 9.88 Å². The number of aromatic amines is 1. The van der Waals surface area contributed by atoms with Crippen LogP contribution >= 0.6 is 15.9 Å². The van der Waals surface area contributed by atoms with Crippen molar-refractivity contribution >= 4 is 32.7 Å². The minimum atomic E-state index is -0.133. The highest BCUT2D eigenvalue weighted by molar-refractivity contribution is 9.10. The summed E-state index contributed by atoms with van der Waals surface area (Å²) in [5.41, 5.74) is 6.62. The van der Waals surface area contributed by atoms with Crippen LogP contribution in [0.3, 0.4) is 0 Å². The van der Waals surface area contributed by atoms with Crippen molar-refractivity contribution in [3.05, 3.63) is 105 Å². The van der Waals surface area contributed by atoms with Crippen molar-refractivity contribution in [2.45, 2.75) is 19.4 Å². The number of aromatic nitrogens is 1. The smallest absolute Gasteiger partial charge is 0.255 e. The number of amides is 1. The molecule has 3 aromatic carbocycles. The molecule has 0 bridgehead atoms. The molecule has 0 unspecified atom stereocenters. The van der Waals surface area contributed by atoms with E-state index in [0.717, 1.165) is 27.7 Å². The number of para-hydroxylation sites is 1. The molecule has 0 spiro atoms. The minimum absolute atomic E-state index is 0.0485. The van der Waals surface area contributed by atoms with Crippen LogP contribution in [0.5, 0.6) is 0 Å². The Labute approximate surface area is 178 Å². The second-order valence-corrected chi connectivity index (χ2v) is 8.46. The first-order valence-electron chi connectivity index (χ1n) is 9.85. The topological polar surface area (TPSA) is 36.1 Å². The predicted molar refractivity (Wildman–Crippen MR) is 120 cm³/mol. The number of H-pyrrole nitrogens is 1. The third-order valence-electron chi connectivity index (χ3n) is 5.79. The van der Waals surface area contributed by atoms with Gasteiger partial charge in [-0.05, 0) is 58.6 Å². The van der Waals surface area contributed by atoms with Crippen LogP contribution in [0.4, 0.5) is 0 Å². The van der Waals surface area contributed by atoms with Gasteiger partial charge < -0.3 is 9.88 Å². The van der Waals surface area contributed by atoms with Crippen molar-refractivity contribution in [1.29, 1.82) is 0 Å². The van der Waals surface area contributed by atoms with Gasteiger partial charge in [-0.25, -0.2) is 0 Å². The second kappa shape index (κ2) is 7.20. The van der Waals surface area contributed by atoms with Crippen LogP contribution < -0.4 is 0 Å². The first-order chi connectivity index (χ1) is 14.1. The summed E-state index contributed by atoms with van der Waals surface area (Å²) in [6, 6.07) is 24.5. The zero-order valence-electron chi connectivity index (χ0n) is 16.2. The maximum Gasteiger partial charge on any atom is 0.255 e. The first-order valence-corrected chi connectivity index (χ1v) is 10.6. The van der Waals surface area contributed by atoms with Gasteiger partial charge in [0, 0.05) is 27.6 Å². The Morgan fingerprint density at radius 3 is 2.52 bits per heavy atom. The van der Waals surface area contributed by atoms with E-state index in [4.69, 9.17) is 0 Å². The highest BCUT2D eigenvalue weighted by Crippen LogP contribution is 2.39. The summed E-state index contributed by atoms with van der Waals surface area (Å²) in [5, 5.41) is 1.26. The average Bonchev–Trinajstić information content (AvgIpc) is 3.12. The largest absolute Gasteiger partial charge is 0.356 e. The van der Waals surface area contributed by atoms with Crippen LogP contribution in [0, 0.1) is 6.92 Å². The third-order valence-corrected chi connectivity index (χ3v) is 6.48. The van der Waals surface area contributed by atoms with Crippen LogP contribution in [0.25, 0.3) is 10.9 Å². The fourth-order valence-corrected chi connectivity index (χ4v) is 4.80. The van der Waals surface area contributed by atoms with E-state index in [1.165, 1.54) is 16.5 Å². The third kappa shape index (κ3) is 3.08. The normalized spacial score (nSPS) is 16.1. The molecule has 0 aliphatic carbocycles. The summed E-state index contributed by atoms with van der Waals surface area (Å²) >= 11 is 3.55. The molecule has 4 aromatic rings. The standard InChI is InChI=1S/C25H21BrN2O/c1-16-10-12-17(13-11-16)24-23-19(18-6-3-5-9-22(18)27-23)14-15-28(24)25(29)20-7-2-4-8-21(20)26/h2-13,24,27H,14-15H2,1H3/t24-/m1/s1. The van der Waals surface area contributed by atoms with Gasteiger partial charge in [0.05, 0.1) is 11.6 Å². The summed E-state index contributed by atoms with van der Waals surface area (Å²) in [4.78, 5) is 19.2. The Morgan fingerprint density at radius 1 is 1.00 bits per heavy atom. The monoisotopic (exact) mass is 444 g/mol. The average molecular weight is 445 g/mol. The molecule has 1 atom stereocenters. The molecule has 1 aliphatic rings. The number of rotatable bonds is 2. The van der Waals surface area contributed by atoms with E-state index < -0.39 is 0 Å². The van der Waals surface area contributed by atoms with Crippen molar-refractivity contribution in [3.8, 4) is 0 Å². The number of hydrogen-bond donors (Lipinski definition) is 1. The number of hydrogen-bond acceptors (Lipinski definition) is 1. The second-order valence-electron chi connectivity index (χ2n) is 7.60. The lowest BCUT2D eigenvalue weighted by atomic mass is 9.91. The van der Waals surface area contributed by atoms with Crippen LogP contribution in [0.2, 0.25) is 0 Å². The van der Waals surface area contributed by atoms with E-state index in [9.17, 15) is 4.79 Å². The Morgan fingerprint density at radius 2 is 1.72 bits per heavy atom. The fourth-order valence-electron chi connectivity index (χ4n) is 4.34. The highest BCUT2D eigenvalue weighted by Gasteiger charge is 2.35. The Balaban J connectivity index is 1.68. The van der Waals surface area contributed by atoms with Gasteiger partial charge in [-0.15, -0.1) is 0 Å². The molecule has 0 radical (unpaired) electrons. The summed E-state index contributed by atoms with van der Waals surface area (Å²) in [5.74, 6) is 0.0485. The van der Waals surface area contributed by atoms with Gasteiger partial charge in [-0.2, -0.15) is 0 Å².